The van der Waals surface area contributed by atoms with Gasteiger partial charge in [0.05, 0.1) is 0 Å². The Hall–Kier alpha value is -1.57. The third kappa shape index (κ3) is 1.35. The number of phenols is 1. The lowest BCUT2D eigenvalue weighted by Crippen LogP contribution is -2.30. The van der Waals surface area contributed by atoms with E-state index in [2.05, 4.69) is 11.5 Å². The van der Waals surface area contributed by atoms with Crippen LogP contribution < -0.4 is 4.57 Å². The van der Waals surface area contributed by atoms with Crippen LogP contribution in [0.1, 0.15) is 6.92 Å². The minimum absolute atomic E-state index is 0.348. The molecule has 66 valence electrons. The van der Waals surface area contributed by atoms with E-state index in [4.69, 9.17) is 0 Å². The fraction of sp³-hybridized carbons (Fsp3) is 0.182. The molecule has 0 radical (unpaired) electrons. The van der Waals surface area contributed by atoms with Crippen molar-refractivity contribution in [3.8, 4) is 5.75 Å². The molecule has 1 aromatic heterocycles. The van der Waals surface area contributed by atoms with E-state index in [1.54, 1.807) is 6.07 Å². The summed E-state index contributed by atoms with van der Waals surface area (Å²) in [7, 11) is 0. The summed E-state index contributed by atoms with van der Waals surface area (Å²) in [6.07, 6.45) is 4.01. The topological polar surface area (TPSA) is 24.1 Å². The summed E-state index contributed by atoms with van der Waals surface area (Å²) in [6, 6.07) is 7.51. The van der Waals surface area contributed by atoms with E-state index in [9.17, 15) is 5.11 Å². The molecule has 0 amide bonds. The molecule has 0 bridgehead atoms. The quantitative estimate of drug-likeness (QED) is 0.655. The van der Waals surface area contributed by atoms with Crippen molar-refractivity contribution in [3.05, 3.63) is 36.7 Å². The molecule has 0 aliphatic carbocycles. The van der Waals surface area contributed by atoms with Crippen molar-refractivity contribution in [3.63, 3.8) is 0 Å². The zero-order valence-corrected chi connectivity index (χ0v) is 7.57. The molecule has 13 heavy (non-hydrogen) atoms. The van der Waals surface area contributed by atoms with E-state index in [1.807, 2.05) is 30.6 Å². The predicted octanol–water partition coefficient (Wildman–Crippen LogP) is 1.85. The third-order valence-corrected chi connectivity index (χ3v) is 2.22. The molecule has 0 aliphatic rings. The van der Waals surface area contributed by atoms with Gasteiger partial charge in [0.25, 0.3) is 0 Å². The van der Waals surface area contributed by atoms with Gasteiger partial charge in [-0.15, -0.1) is 0 Å². The molecule has 2 aromatic rings. The van der Waals surface area contributed by atoms with Gasteiger partial charge >= 0.3 is 0 Å². The first-order chi connectivity index (χ1) is 6.31. The summed E-state index contributed by atoms with van der Waals surface area (Å²) >= 11 is 0. The van der Waals surface area contributed by atoms with Crippen LogP contribution in [0.15, 0.2) is 36.7 Å². The van der Waals surface area contributed by atoms with Crippen molar-refractivity contribution in [1.29, 1.82) is 0 Å². The van der Waals surface area contributed by atoms with E-state index in [-0.39, 0.29) is 0 Å². The van der Waals surface area contributed by atoms with Crippen molar-refractivity contribution < 1.29 is 9.67 Å². The van der Waals surface area contributed by atoms with Crippen LogP contribution in [-0.2, 0) is 6.54 Å². The lowest BCUT2D eigenvalue weighted by molar-refractivity contribution is -0.692. The number of hydrogen-bond acceptors (Lipinski definition) is 1. The largest absolute Gasteiger partial charge is 0.507 e. The molecule has 1 N–H and O–H groups in total. The van der Waals surface area contributed by atoms with Crippen molar-refractivity contribution in [2.45, 2.75) is 13.5 Å². The Balaban J connectivity index is 2.72. The molecule has 0 saturated heterocycles. The molecule has 0 unspecified atom stereocenters. The zero-order valence-electron chi connectivity index (χ0n) is 7.57. The number of rotatable bonds is 1. The lowest BCUT2D eigenvalue weighted by Gasteiger charge is -1.98. The van der Waals surface area contributed by atoms with Crippen LogP contribution in [0.4, 0.5) is 0 Å². The molecule has 1 heterocycles. The van der Waals surface area contributed by atoms with E-state index in [0.717, 1.165) is 17.3 Å². The third-order valence-electron chi connectivity index (χ3n) is 2.22. The molecule has 0 aliphatic heterocycles. The monoisotopic (exact) mass is 174 g/mol. The standard InChI is InChI=1S/C11H11NO/c1-2-12-7-6-10-9(8-12)4-3-5-11(10)13/h3-8H,2H2,1H3/p+1. The van der Waals surface area contributed by atoms with Crippen molar-refractivity contribution in [1.82, 2.24) is 0 Å². The maximum absolute atomic E-state index is 9.53. The first-order valence-electron chi connectivity index (χ1n) is 4.42. The van der Waals surface area contributed by atoms with Gasteiger partial charge in [-0.3, -0.25) is 0 Å². The first kappa shape index (κ1) is 8.05. The van der Waals surface area contributed by atoms with Crippen LogP contribution >= 0.6 is 0 Å². The Morgan fingerprint density at radius 3 is 2.92 bits per heavy atom. The summed E-state index contributed by atoms with van der Waals surface area (Å²) in [5.41, 5.74) is 0. The van der Waals surface area contributed by atoms with Gasteiger partial charge in [-0.1, -0.05) is 6.07 Å². The number of phenolic OH excluding ortho intramolecular Hbond substituents is 1. The molecule has 2 nitrogen and oxygen atoms in total. The van der Waals surface area contributed by atoms with Gasteiger partial charge in [0.2, 0.25) is 0 Å². The number of aryl methyl sites for hydroxylation is 1. The smallest absolute Gasteiger partial charge is 0.176 e. The van der Waals surface area contributed by atoms with Gasteiger partial charge in [-0.2, -0.15) is 0 Å². The predicted molar refractivity (Wildman–Crippen MR) is 51.5 cm³/mol. The molecule has 2 rings (SSSR count). The van der Waals surface area contributed by atoms with Gasteiger partial charge < -0.3 is 5.11 Å². The van der Waals surface area contributed by atoms with Gasteiger partial charge in [0.1, 0.15) is 12.3 Å². The normalized spacial score (nSPS) is 10.5. The highest BCUT2D eigenvalue weighted by Crippen LogP contribution is 2.21. The van der Waals surface area contributed by atoms with Crippen LogP contribution in [0.5, 0.6) is 5.75 Å². The minimum atomic E-state index is 0.348. The Kier molecular flexibility index (Phi) is 1.89. The second kappa shape index (κ2) is 3.05. The van der Waals surface area contributed by atoms with Gasteiger partial charge in [0, 0.05) is 16.8 Å². The average Bonchev–Trinajstić information content (AvgIpc) is 2.18. The summed E-state index contributed by atoms with van der Waals surface area (Å²) in [6.45, 7) is 3.04. The molecule has 2 heteroatoms. The number of aromatic hydroxyl groups is 1. The van der Waals surface area contributed by atoms with Crippen LogP contribution in [-0.4, -0.2) is 5.11 Å². The first-order valence-corrected chi connectivity index (χ1v) is 4.42. The molecular formula is C11H12NO+. The fourth-order valence-corrected chi connectivity index (χ4v) is 1.45. The molecule has 0 fully saturated rings. The number of fused-ring (bicyclic) bond motifs is 1. The van der Waals surface area contributed by atoms with E-state index in [1.165, 1.54) is 0 Å². The highest BCUT2D eigenvalue weighted by Gasteiger charge is 2.02. The van der Waals surface area contributed by atoms with Gasteiger partial charge in [-0.05, 0) is 19.1 Å². The SMILES string of the molecule is CC[n+]1ccc2c(O)cccc2c1. The van der Waals surface area contributed by atoms with Crippen LogP contribution in [0.3, 0.4) is 0 Å². The highest BCUT2D eigenvalue weighted by atomic mass is 16.3. The average molecular weight is 174 g/mol. The molecular weight excluding hydrogens is 162 g/mol. The Bertz CT molecular complexity index is 437. The van der Waals surface area contributed by atoms with E-state index < -0.39 is 0 Å². The fourth-order valence-electron chi connectivity index (χ4n) is 1.45. The Morgan fingerprint density at radius 1 is 1.31 bits per heavy atom. The number of pyridine rings is 1. The summed E-state index contributed by atoms with van der Waals surface area (Å²) in [5, 5.41) is 11.5. The van der Waals surface area contributed by atoms with E-state index in [0.29, 0.717) is 5.75 Å². The maximum Gasteiger partial charge on any atom is 0.176 e. The second-order valence-electron chi connectivity index (χ2n) is 3.06. The maximum atomic E-state index is 9.53. The van der Waals surface area contributed by atoms with Crippen LogP contribution in [0, 0.1) is 0 Å². The summed E-state index contributed by atoms with van der Waals surface area (Å²) < 4.78 is 2.09. The Labute approximate surface area is 77.1 Å². The van der Waals surface area contributed by atoms with E-state index >= 15 is 0 Å². The Morgan fingerprint density at radius 2 is 2.15 bits per heavy atom. The number of aromatic nitrogens is 1. The molecule has 0 spiro atoms. The highest BCUT2D eigenvalue weighted by molar-refractivity contribution is 5.86. The summed E-state index contributed by atoms with van der Waals surface area (Å²) in [4.78, 5) is 0. The second-order valence-corrected chi connectivity index (χ2v) is 3.06. The molecule has 1 aromatic carbocycles. The van der Waals surface area contributed by atoms with Gasteiger partial charge in [0.15, 0.2) is 12.4 Å². The van der Waals surface area contributed by atoms with Crippen LogP contribution in [0.25, 0.3) is 10.8 Å². The number of hydrogen-bond donors (Lipinski definition) is 1. The zero-order chi connectivity index (χ0) is 9.26. The molecule has 0 saturated carbocycles. The van der Waals surface area contributed by atoms with Crippen molar-refractivity contribution in [2.75, 3.05) is 0 Å². The van der Waals surface area contributed by atoms with Crippen molar-refractivity contribution >= 4 is 10.8 Å². The number of benzene rings is 1. The number of nitrogens with zero attached hydrogens (tertiary/aromatic N) is 1. The molecule has 0 atom stereocenters. The summed E-state index contributed by atoms with van der Waals surface area (Å²) in [5.74, 6) is 0.348. The van der Waals surface area contributed by atoms with Gasteiger partial charge in [-0.25, -0.2) is 4.57 Å². The minimum Gasteiger partial charge on any atom is -0.507 e. The lowest BCUT2D eigenvalue weighted by atomic mass is 10.1. The van der Waals surface area contributed by atoms with Crippen molar-refractivity contribution in [2.24, 2.45) is 0 Å². The van der Waals surface area contributed by atoms with Crippen LogP contribution in [0.2, 0.25) is 0 Å².